The molecule has 0 spiro atoms. The molecule has 0 aliphatic carbocycles. The predicted octanol–water partition coefficient (Wildman–Crippen LogP) is 2.23. The summed E-state index contributed by atoms with van der Waals surface area (Å²) in [7, 11) is 5.29. The molecule has 0 atom stereocenters. The van der Waals surface area contributed by atoms with Gasteiger partial charge in [-0.05, 0) is 12.1 Å². The van der Waals surface area contributed by atoms with Gasteiger partial charge in [0.25, 0.3) is 0 Å². The molecule has 1 rings (SSSR count). The average molecular weight is 373 g/mol. The minimum atomic E-state index is -1.04. The second-order valence-corrected chi connectivity index (χ2v) is 9.01. The predicted molar refractivity (Wildman–Crippen MR) is 44.8 cm³/mol. The van der Waals surface area contributed by atoms with E-state index in [9.17, 15) is 4.79 Å². The minimum Gasteiger partial charge on any atom is -0.508 e. The number of carbonyl (C=O) groups is 1. The van der Waals surface area contributed by atoms with E-state index >= 15 is 0 Å². The number of para-hydroxylation sites is 1. The van der Waals surface area contributed by atoms with Crippen LogP contribution in [0.5, 0.6) is 5.75 Å². The molecule has 1 aromatic rings. The van der Waals surface area contributed by atoms with Gasteiger partial charge in [-0.3, -0.25) is 0 Å². The zero-order chi connectivity index (χ0) is 9.23. The van der Waals surface area contributed by atoms with E-state index in [1.807, 2.05) is 6.07 Å². The van der Waals surface area contributed by atoms with Gasteiger partial charge in [-0.1, -0.05) is 18.2 Å². The van der Waals surface area contributed by atoms with E-state index in [-0.39, 0.29) is 0 Å². The Morgan fingerprint density at radius 1 is 1.42 bits per heavy atom. The molecule has 0 aromatic heterocycles. The summed E-state index contributed by atoms with van der Waals surface area (Å²) in [6.07, 6.45) is 0.897. The molecule has 0 bridgehead atoms. The third-order valence-corrected chi connectivity index (χ3v) is 4.66. The Hall–Kier alpha value is -0.0849. The number of aldehydes is 1. The number of phenolic OH excluding ortho intramolecular Hbond substituents is 1. The van der Waals surface area contributed by atoms with Crippen LogP contribution in [0.1, 0.15) is 0 Å². The third kappa shape index (κ3) is 8.02. The van der Waals surface area contributed by atoms with E-state index in [1.54, 1.807) is 24.3 Å². The Balaban J connectivity index is 0.000000217. The van der Waals surface area contributed by atoms with Gasteiger partial charge in [0.2, 0.25) is 0 Å². The molecule has 0 aliphatic heterocycles. The molecule has 2 nitrogen and oxygen atoms in total. The molecule has 12 heavy (non-hydrogen) atoms. The largest absolute Gasteiger partial charge is 0.508 e. The molecule has 0 unspecified atom stereocenters. The van der Waals surface area contributed by atoms with Crippen LogP contribution in [-0.4, -0.2) is 11.4 Å². The van der Waals surface area contributed by atoms with Crippen molar-refractivity contribution >= 4 is 14.5 Å². The van der Waals surface area contributed by atoms with Gasteiger partial charge in [0.05, 0.1) is 0 Å². The summed E-state index contributed by atoms with van der Waals surface area (Å²) in [5.74, 6) is 0.322. The van der Waals surface area contributed by atoms with E-state index < -0.39 is 23.3 Å². The van der Waals surface area contributed by atoms with Gasteiger partial charge < -0.3 is 5.11 Å². The summed E-state index contributed by atoms with van der Waals surface area (Å²) < 4.78 is 0.696. The van der Waals surface area contributed by atoms with Crippen LogP contribution in [0.3, 0.4) is 0 Å². The first-order valence-electron chi connectivity index (χ1n) is 3.55. The Labute approximate surface area is 87.4 Å². The van der Waals surface area contributed by atoms with Crippen molar-refractivity contribution in [3.8, 4) is 5.75 Å². The van der Waals surface area contributed by atoms with Gasteiger partial charge in [-0.25, -0.2) is 0 Å². The topological polar surface area (TPSA) is 37.3 Å². The fourth-order valence-electron chi connectivity index (χ4n) is 0.473. The number of phenols is 1. The van der Waals surface area contributed by atoms with Gasteiger partial charge in [-0.15, -0.1) is 0 Å². The Morgan fingerprint density at radius 2 is 2.00 bits per heavy atom. The number of halogens is 1. The maximum Gasteiger partial charge on any atom is 0.115 e. The zero-order valence-corrected chi connectivity index (χ0v) is 12.9. The van der Waals surface area contributed by atoms with E-state index in [0.717, 1.165) is 6.29 Å². The number of rotatable bonds is 2. The van der Waals surface area contributed by atoms with E-state index in [2.05, 4.69) is 0 Å². The Bertz CT molecular complexity index is 203. The molecule has 0 radical (unpaired) electrons. The molecule has 0 saturated heterocycles. The van der Waals surface area contributed by atoms with Crippen LogP contribution in [0.4, 0.5) is 0 Å². The van der Waals surface area contributed by atoms with Crippen LogP contribution in [0, 0.1) is 0 Å². The first kappa shape index (κ1) is 11.9. The summed E-state index contributed by atoms with van der Waals surface area (Å²) in [5, 5.41) is 8.63. The Morgan fingerprint density at radius 3 is 2.17 bits per heavy atom. The van der Waals surface area contributed by atoms with Gasteiger partial charge in [0, 0.05) is 0 Å². The molecule has 0 heterocycles. The zero-order valence-electron chi connectivity index (χ0n) is 6.61. The summed E-state index contributed by atoms with van der Waals surface area (Å²) in [6, 6.07) is 8.71. The monoisotopic (exact) mass is 374 g/mol. The number of carbonyl (C=O) groups excluding carboxylic acids is 1. The van der Waals surface area contributed by atoms with Gasteiger partial charge >= 0.3 is 46.6 Å². The SMILES string of the molecule is O=C[CH2][Hg][Cl].Oc1ccccc1. The van der Waals surface area contributed by atoms with Crippen molar-refractivity contribution in [2.45, 2.75) is 3.93 Å². The van der Waals surface area contributed by atoms with E-state index in [1.165, 1.54) is 0 Å². The fourth-order valence-corrected chi connectivity index (χ4v) is 1.60. The summed E-state index contributed by atoms with van der Waals surface area (Å²) in [5.41, 5.74) is 0. The number of benzene rings is 1. The maximum absolute atomic E-state index is 9.38. The van der Waals surface area contributed by atoms with Crippen molar-refractivity contribution in [3.05, 3.63) is 30.3 Å². The van der Waals surface area contributed by atoms with Crippen LogP contribution in [-0.2, 0) is 28.1 Å². The van der Waals surface area contributed by atoms with Crippen LogP contribution in [0.15, 0.2) is 30.3 Å². The van der Waals surface area contributed by atoms with Crippen LogP contribution >= 0.6 is 8.25 Å². The molecule has 1 aromatic carbocycles. The second-order valence-electron chi connectivity index (χ2n) is 1.98. The van der Waals surface area contributed by atoms with Gasteiger partial charge in [0.1, 0.15) is 5.75 Å². The third-order valence-electron chi connectivity index (χ3n) is 0.983. The number of hydrogen-bond donors (Lipinski definition) is 1. The first-order valence-corrected chi connectivity index (χ1v) is 14.2. The van der Waals surface area contributed by atoms with Gasteiger partial charge in [-0.2, -0.15) is 0 Å². The summed E-state index contributed by atoms with van der Waals surface area (Å²) in [6.45, 7) is 0. The number of hydrogen-bond acceptors (Lipinski definition) is 2. The smallest absolute Gasteiger partial charge is 0.115 e. The molecule has 0 aliphatic rings. The van der Waals surface area contributed by atoms with Crippen molar-refractivity contribution in [1.29, 1.82) is 0 Å². The molecule has 0 saturated carbocycles. The van der Waals surface area contributed by atoms with Crippen molar-refractivity contribution in [1.82, 2.24) is 0 Å². The first-order chi connectivity index (χ1) is 5.81. The molecule has 62 valence electrons. The fraction of sp³-hybridized carbons (Fsp3) is 0.125. The van der Waals surface area contributed by atoms with Crippen molar-refractivity contribution in [2.75, 3.05) is 0 Å². The molecule has 0 amide bonds. The molecule has 0 fully saturated rings. The van der Waals surface area contributed by atoms with Crippen molar-refractivity contribution < 1.29 is 33.2 Å². The maximum atomic E-state index is 9.38. The van der Waals surface area contributed by atoms with E-state index in [0.29, 0.717) is 9.68 Å². The normalized spacial score (nSPS) is 7.42. The second kappa shape index (κ2) is 9.01. The quantitative estimate of drug-likeness (QED) is 0.638. The summed E-state index contributed by atoms with van der Waals surface area (Å²) >= 11 is -1.04. The van der Waals surface area contributed by atoms with Crippen molar-refractivity contribution in [3.63, 3.8) is 0 Å². The minimum absolute atomic E-state index is 0.322. The van der Waals surface area contributed by atoms with Gasteiger partial charge in [0.15, 0.2) is 0 Å². The molecule has 1 N–H and O–H groups in total. The van der Waals surface area contributed by atoms with E-state index in [4.69, 9.17) is 13.4 Å². The standard InChI is InChI=1S/C6H6O.C2H3O.ClH.Hg/c7-6-4-2-1-3-5-6;1-2-3;;/h1-5,7H;2H,1H2;1H;/q;;;+1/p-1. The average Bonchev–Trinajstić information content (AvgIpc) is 2.08. The van der Waals surface area contributed by atoms with Crippen LogP contribution < -0.4 is 0 Å². The molecule has 4 heteroatoms. The number of aromatic hydroxyl groups is 1. The summed E-state index contributed by atoms with van der Waals surface area (Å²) in [4.78, 5) is 9.38. The Kier molecular flexibility index (Phi) is 8.94. The van der Waals surface area contributed by atoms with Crippen molar-refractivity contribution in [2.24, 2.45) is 0 Å². The van der Waals surface area contributed by atoms with Crippen LogP contribution in [0.25, 0.3) is 0 Å². The van der Waals surface area contributed by atoms with Crippen LogP contribution in [0.2, 0.25) is 3.93 Å². The molecular formula is C8H9ClHgO2. The molecular weight excluding hydrogens is 364 g/mol.